The first kappa shape index (κ1) is 16.3. The predicted molar refractivity (Wildman–Crippen MR) is 91.8 cm³/mol. The zero-order chi connectivity index (χ0) is 17.1. The number of aromatic nitrogens is 2. The fourth-order valence-electron chi connectivity index (χ4n) is 2.87. The van der Waals surface area contributed by atoms with E-state index in [4.69, 9.17) is 4.74 Å². The van der Waals surface area contributed by atoms with Gasteiger partial charge in [0.2, 0.25) is 0 Å². The quantitative estimate of drug-likeness (QED) is 0.931. The molecule has 0 saturated heterocycles. The Morgan fingerprint density at radius 2 is 2.17 bits per heavy atom. The third-order valence-electron chi connectivity index (χ3n) is 4.09. The fourth-order valence-corrected chi connectivity index (χ4v) is 2.87. The summed E-state index contributed by atoms with van der Waals surface area (Å²) in [5, 5.41) is 9.24. The Morgan fingerprint density at radius 3 is 2.92 bits per heavy atom. The molecule has 2 heterocycles. The van der Waals surface area contributed by atoms with E-state index in [2.05, 4.69) is 22.1 Å². The number of nitrogens with zero attached hydrogens (tertiary/aromatic N) is 2. The molecule has 1 aliphatic rings. The van der Waals surface area contributed by atoms with E-state index in [1.165, 1.54) is 17.3 Å². The molecule has 1 N–H and O–H groups in total. The van der Waals surface area contributed by atoms with E-state index in [-0.39, 0.29) is 11.5 Å². The molecule has 24 heavy (non-hydrogen) atoms. The van der Waals surface area contributed by atoms with Gasteiger partial charge in [-0.15, -0.1) is 0 Å². The summed E-state index contributed by atoms with van der Waals surface area (Å²) in [6.07, 6.45) is 6.11. The van der Waals surface area contributed by atoms with Crippen molar-refractivity contribution in [3.63, 3.8) is 0 Å². The summed E-state index contributed by atoms with van der Waals surface area (Å²) in [7, 11) is 0. The Kier molecular flexibility index (Phi) is 4.71. The Labute approximate surface area is 141 Å². The van der Waals surface area contributed by atoms with Crippen molar-refractivity contribution < 1.29 is 14.6 Å². The zero-order valence-corrected chi connectivity index (χ0v) is 13.8. The van der Waals surface area contributed by atoms with Crippen LogP contribution in [0.5, 0.6) is 0 Å². The molecule has 0 saturated carbocycles. The van der Waals surface area contributed by atoms with Gasteiger partial charge in [0.05, 0.1) is 24.5 Å². The molecule has 0 atom stereocenters. The number of carboxylic acid groups (broad SMARTS) is 1. The van der Waals surface area contributed by atoms with Crippen molar-refractivity contribution in [2.24, 2.45) is 0 Å². The van der Waals surface area contributed by atoms with E-state index in [0.717, 1.165) is 18.6 Å². The maximum Gasteiger partial charge on any atom is 0.339 e. The summed E-state index contributed by atoms with van der Waals surface area (Å²) < 4.78 is 5.49. The van der Waals surface area contributed by atoms with Crippen molar-refractivity contribution in [2.75, 3.05) is 6.61 Å². The van der Waals surface area contributed by atoms with E-state index >= 15 is 0 Å². The second-order valence-electron chi connectivity index (χ2n) is 6.11. The Hall–Kier alpha value is -2.53. The van der Waals surface area contributed by atoms with Gasteiger partial charge in [-0.3, -0.25) is 0 Å². The number of carboxylic acids is 1. The second kappa shape index (κ2) is 6.93. The number of hydrogen-bond donors (Lipinski definition) is 1. The lowest BCUT2D eigenvalue weighted by Crippen LogP contribution is -2.11. The smallest absolute Gasteiger partial charge is 0.339 e. The molecule has 1 aromatic heterocycles. The molecule has 0 fully saturated rings. The molecule has 5 nitrogen and oxygen atoms in total. The van der Waals surface area contributed by atoms with Crippen LogP contribution in [0.15, 0.2) is 24.4 Å². The van der Waals surface area contributed by atoms with Crippen molar-refractivity contribution in [3.05, 3.63) is 58.2 Å². The first-order chi connectivity index (χ1) is 11.6. The predicted octanol–water partition coefficient (Wildman–Crippen LogP) is 3.54. The molecular formula is C19H20N2O3. The normalized spacial score (nSPS) is 14.1. The van der Waals surface area contributed by atoms with Crippen molar-refractivity contribution in [1.29, 1.82) is 0 Å². The molecule has 0 bridgehead atoms. The van der Waals surface area contributed by atoms with Crippen molar-refractivity contribution >= 4 is 18.1 Å². The number of benzene rings is 1. The summed E-state index contributed by atoms with van der Waals surface area (Å²) in [6.45, 7) is 5.24. The minimum atomic E-state index is -0.994. The van der Waals surface area contributed by atoms with E-state index in [1.807, 2.05) is 32.1 Å². The Balaban J connectivity index is 1.93. The van der Waals surface area contributed by atoms with Crippen molar-refractivity contribution in [2.45, 2.75) is 32.8 Å². The van der Waals surface area contributed by atoms with Gasteiger partial charge in [-0.2, -0.15) is 0 Å². The lowest BCUT2D eigenvalue weighted by Gasteiger charge is -2.18. The van der Waals surface area contributed by atoms with Crippen LogP contribution in [0, 0.1) is 0 Å². The second-order valence-corrected chi connectivity index (χ2v) is 6.11. The Bertz CT molecular complexity index is 797. The molecule has 5 heteroatoms. The van der Waals surface area contributed by atoms with Gasteiger partial charge in [-0.05, 0) is 35.1 Å². The third kappa shape index (κ3) is 3.36. The molecule has 3 rings (SSSR count). The molecule has 0 unspecified atom stereocenters. The summed E-state index contributed by atoms with van der Waals surface area (Å²) in [6, 6.07) is 6.16. The molecule has 0 amide bonds. The molecular weight excluding hydrogens is 304 g/mol. The monoisotopic (exact) mass is 324 g/mol. The highest BCUT2D eigenvalue weighted by atomic mass is 16.5. The van der Waals surface area contributed by atoms with Crippen LogP contribution in [0.4, 0.5) is 0 Å². The Morgan fingerprint density at radius 1 is 1.33 bits per heavy atom. The fraction of sp³-hybridized carbons (Fsp3) is 0.316. The number of ether oxygens (including phenoxy) is 1. The highest BCUT2D eigenvalue weighted by Crippen LogP contribution is 2.23. The zero-order valence-electron chi connectivity index (χ0n) is 13.8. The molecule has 124 valence electrons. The summed E-state index contributed by atoms with van der Waals surface area (Å²) in [5.41, 5.74) is 4.37. The summed E-state index contributed by atoms with van der Waals surface area (Å²) >= 11 is 0. The highest BCUT2D eigenvalue weighted by molar-refractivity contribution is 5.88. The SMILES string of the molecule is CC(C)c1nc(/C=C/c2cccc3c2CCOC3)ncc1C(=O)O. The van der Waals surface area contributed by atoms with Gasteiger partial charge in [-0.1, -0.05) is 38.1 Å². The molecule has 0 spiro atoms. The number of carbonyl (C=O) groups is 1. The first-order valence-corrected chi connectivity index (χ1v) is 8.03. The van der Waals surface area contributed by atoms with Gasteiger partial charge in [0.25, 0.3) is 0 Å². The summed E-state index contributed by atoms with van der Waals surface area (Å²) in [5.74, 6) is -0.451. The maximum atomic E-state index is 11.3. The molecule has 0 radical (unpaired) electrons. The minimum absolute atomic E-state index is 0.0212. The minimum Gasteiger partial charge on any atom is -0.478 e. The van der Waals surface area contributed by atoms with Crippen LogP contribution < -0.4 is 0 Å². The molecule has 2 aromatic rings. The number of rotatable bonds is 4. The van der Waals surface area contributed by atoms with Crippen LogP contribution in [-0.4, -0.2) is 27.7 Å². The standard InChI is InChI=1S/C19H20N2O3/c1-12(2)18-16(19(22)23)10-20-17(21-18)7-6-13-4-3-5-14-11-24-9-8-15(13)14/h3-7,10,12H,8-9,11H2,1-2H3,(H,22,23)/b7-6+. The van der Waals surface area contributed by atoms with E-state index in [9.17, 15) is 9.90 Å². The summed E-state index contributed by atoms with van der Waals surface area (Å²) in [4.78, 5) is 19.9. The number of hydrogen-bond acceptors (Lipinski definition) is 4. The topological polar surface area (TPSA) is 72.3 Å². The van der Waals surface area contributed by atoms with Gasteiger partial charge in [-0.25, -0.2) is 14.8 Å². The lowest BCUT2D eigenvalue weighted by molar-refractivity contribution is 0.0694. The average molecular weight is 324 g/mol. The van der Waals surface area contributed by atoms with Gasteiger partial charge in [0.1, 0.15) is 0 Å². The van der Waals surface area contributed by atoms with Gasteiger partial charge >= 0.3 is 5.97 Å². The van der Waals surface area contributed by atoms with E-state index in [0.29, 0.717) is 18.1 Å². The largest absolute Gasteiger partial charge is 0.478 e. The van der Waals surface area contributed by atoms with Crippen molar-refractivity contribution in [1.82, 2.24) is 9.97 Å². The highest BCUT2D eigenvalue weighted by Gasteiger charge is 2.16. The van der Waals surface area contributed by atoms with Crippen LogP contribution in [0.3, 0.4) is 0 Å². The van der Waals surface area contributed by atoms with Crippen LogP contribution >= 0.6 is 0 Å². The number of fused-ring (bicyclic) bond motifs is 1. The van der Waals surface area contributed by atoms with Gasteiger partial charge in [0, 0.05) is 6.20 Å². The van der Waals surface area contributed by atoms with Gasteiger partial charge in [0.15, 0.2) is 5.82 Å². The van der Waals surface area contributed by atoms with E-state index in [1.54, 1.807) is 0 Å². The maximum absolute atomic E-state index is 11.3. The van der Waals surface area contributed by atoms with Crippen molar-refractivity contribution in [3.8, 4) is 0 Å². The molecule has 1 aromatic carbocycles. The lowest BCUT2D eigenvalue weighted by atomic mass is 9.97. The van der Waals surface area contributed by atoms with Crippen LogP contribution in [-0.2, 0) is 17.8 Å². The average Bonchev–Trinajstić information content (AvgIpc) is 2.59. The van der Waals surface area contributed by atoms with Crippen LogP contribution in [0.1, 0.15) is 58.3 Å². The third-order valence-corrected chi connectivity index (χ3v) is 4.09. The number of aromatic carboxylic acids is 1. The van der Waals surface area contributed by atoms with Crippen LogP contribution in [0.25, 0.3) is 12.2 Å². The van der Waals surface area contributed by atoms with Crippen LogP contribution in [0.2, 0.25) is 0 Å². The van der Waals surface area contributed by atoms with Gasteiger partial charge < -0.3 is 9.84 Å². The molecule has 0 aliphatic carbocycles. The first-order valence-electron chi connectivity index (χ1n) is 8.03. The molecule has 1 aliphatic heterocycles. The van der Waals surface area contributed by atoms with E-state index < -0.39 is 5.97 Å².